The first-order chi connectivity index (χ1) is 10.2. The Morgan fingerprint density at radius 2 is 2.14 bits per heavy atom. The molecule has 0 bridgehead atoms. The second-order valence-corrected chi connectivity index (χ2v) is 6.38. The monoisotopic (exact) mass is 304 g/mol. The third-order valence-corrected chi connectivity index (χ3v) is 5.20. The lowest BCUT2D eigenvalue weighted by Gasteiger charge is -2.31. The molecular formula is C15H20N4OS. The Kier molecular flexibility index (Phi) is 3.96. The van der Waals surface area contributed by atoms with Crippen molar-refractivity contribution in [2.45, 2.75) is 25.8 Å². The number of aromatic nitrogens is 1. The lowest BCUT2D eigenvalue weighted by molar-refractivity contribution is 0.236. The number of thiazole rings is 1. The number of hydrogen-bond donors (Lipinski definition) is 2. The average Bonchev–Trinajstić information content (AvgIpc) is 2.93. The molecule has 0 unspecified atom stereocenters. The molecule has 1 aliphatic heterocycles. The number of carbonyl (C=O) groups is 1. The molecule has 1 fully saturated rings. The summed E-state index contributed by atoms with van der Waals surface area (Å²) in [6.45, 7) is 4.00. The van der Waals surface area contributed by atoms with E-state index in [-0.39, 0.29) is 12.1 Å². The fourth-order valence-electron chi connectivity index (χ4n) is 2.68. The Bertz CT molecular complexity index is 646. The zero-order valence-corrected chi connectivity index (χ0v) is 13.2. The van der Waals surface area contributed by atoms with Gasteiger partial charge in [-0.1, -0.05) is 23.5 Å². The van der Waals surface area contributed by atoms with E-state index in [2.05, 4.69) is 40.7 Å². The van der Waals surface area contributed by atoms with E-state index >= 15 is 0 Å². The zero-order chi connectivity index (χ0) is 14.8. The van der Waals surface area contributed by atoms with Gasteiger partial charge in [-0.2, -0.15) is 0 Å². The normalized spacial score (nSPS) is 16.2. The number of piperidine rings is 1. The fraction of sp³-hybridized carbons (Fsp3) is 0.467. The van der Waals surface area contributed by atoms with Crippen molar-refractivity contribution in [2.24, 2.45) is 0 Å². The van der Waals surface area contributed by atoms with Crippen LogP contribution < -0.4 is 15.5 Å². The van der Waals surface area contributed by atoms with Crippen molar-refractivity contribution in [1.29, 1.82) is 0 Å². The van der Waals surface area contributed by atoms with Gasteiger partial charge in [0.15, 0.2) is 5.13 Å². The highest BCUT2D eigenvalue weighted by Gasteiger charge is 2.22. The molecule has 0 radical (unpaired) electrons. The molecule has 21 heavy (non-hydrogen) atoms. The number of nitrogens with one attached hydrogen (secondary N) is 2. The number of amides is 2. The van der Waals surface area contributed by atoms with Crippen LogP contribution in [0.1, 0.15) is 18.4 Å². The van der Waals surface area contributed by atoms with E-state index in [0.29, 0.717) is 0 Å². The molecule has 1 saturated heterocycles. The molecule has 6 heteroatoms. The van der Waals surface area contributed by atoms with Crippen LogP contribution in [0.25, 0.3) is 10.2 Å². The van der Waals surface area contributed by atoms with Gasteiger partial charge in [0.2, 0.25) is 0 Å². The molecule has 1 aromatic carbocycles. The van der Waals surface area contributed by atoms with Gasteiger partial charge in [0, 0.05) is 26.2 Å². The number of aryl methyl sites for hydroxylation is 1. The van der Waals surface area contributed by atoms with Gasteiger partial charge in [0.05, 0.1) is 10.2 Å². The molecule has 0 spiro atoms. The fourth-order valence-corrected chi connectivity index (χ4v) is 3.77. The van der Waals surface area contributed by atoms with Gasteiger partial charge in [-0.25, -0.2) is 9.78 Å². The number of carbonyl (C=O) groups excluding carboxylic acids is 1. The van der Waals surface area contributed by atoms with Crippen LogP contribution in [0, 0.1) is 6.92 Å². The molecule has 1 aliphatic rings. The van der Waals surface area contributed by atoms with Crippen LogP contribution in [0.15, 0.2) is 18.2 Å². The number of anilines is 1. The van der Waals surface area contributed by atoms with E-state index in [1.165, 1.54) is 10.3 Å². The van der Waals surface area contributed by atoms with Crippen LogP contribution in [0.2, 0.25) is 0 Å². The molecule has 1 aromatic heterocycles. The summed E-state index contributed by atoms with van der Waals surface area (Å²) in [4.78, 5) is 18.4. The number of hydrogen-bond acceptors (Lipinski definition) is 4. The Labute approximate surface area is 128 Å². The van der Waals surface area contributed by atoms with Crippen LogP contribution in [0.3, 0.4) is 0 Å². The second kappa shape index (κ2) is 5.89. The van der Waals surface area contributed by atoms with Gasteiger partial charge in [-0.15, -0.1) is 0 Å². The summed E-state index contributed by atoms with van der Waals surface area (Å²) in [5.41, 5.74) is 2.37. The summed E-state index contributed by atoms with van der Waals surface area (Å²) in [6, 6.07) is 6.42. The zero-order valence-electron chi connectivity index (χ0n) is 12.3. The standard InChI is InChI=1S/C15H20N4OS/c1-10-4-3-5-12-13(10)21-15(18-12)19-8-6-11(7-9-19)17-14(20)16-2/h3-5,11H,6-9H2,1-2H3,(H2,16,17,20). The summed E-state index contributed by atoms with van der Waals surface area (Å²) in [5, 5.41) is 6.68. The Balaban J connectivity index is 1.68. The van der Waals surface area contributed by atoms with E-state index in [4.69, 9.17) is 4.98 Å². The highest BCUT2D eigenvalue weighted by molar-refractivity contribution is 7.22. The molecule has 112 valence electrons. The van der Waals surface area contributed by atoms with Gasteiger partial charge in [-0.3, -0.25) is 0 Å². The summed E-state index contributed by atoms with van der Waals surface area (Å²) in [7, 11) is 1.65. The molecule has 5 nitrogen and oxygen atoms in total. The predicted octanol–water partition coefficient (Wildman–Crippen LogP) is 2.50. The van der Waals surface area contributed by atoms with Crippen LogP contribution in [0.5, 0.6) is 0 Å². The highest BCUT2D eigenvalue weighted by Crippen LogP contribution is 2.32. The maximum atomic E-state index is 11.3. The molecule has 2 N–H and O–H groups in total. The van der Waals surface area contributed by atoms with E-state index in [9.17, 15) is 4.79 Å². The van der Waals surface area contributed by atoms with Crippen molar-refractivity contribution in [1.82, 2.24) is 15.6 Å². The first-order valence-corrected chi connectivity index (χ1v) is 8.08. The lowest BCUT2D eigenvalue weighted by atomic mass is 10.1. The van der Waals surface area contributed by atoms with Crippen molar-refractivity contribution in [3.8, 4) is 0 Å². The molecule has 2 heterocycles. The highest BCUT2D eigenvalue weighted by atomic mass is 32.1. The molecule has 2 aromatic rings. The maximum Gasteiger partial charge on any atom is 0.314 e. The van der Waals surface area contributed by atoms with Gasteiger partial charge in [0.25, 0.3) is 0 Å². The van der Waals surface area contributed by atoms with E-state index < -0.39 is 0 Å². The Hall–Kier alpha value is -1.82. The Morgan fingerprint density at radius 3 is 2.81 bits per heavy atom. The topological polar surface area (TPSA) is 57.3 Å². The maximum absolute atomic E-state index is 11.3. The van der Waals surface area contributed by atoms with Crippen molar-refractivity contribution in [3.63, 3.8) is 0 Å². The number of fused-ring (bicyclic) bond motifs is 1. The summed E-state index contributed by atoms with van der Waals surface area (Å²) >= 11 is 1.77. The van der Waals surface area contributed by atoms with Crippen LogP contribution in [-0.2, 0) is 0 Å². The molecular weight excluding hydrogens is 284 g/mol. The quantitative estimate of drug-likeness (QED) is 0.896. The molecule has 2 amide bonds. The van der Waals surface area contributed by atoms with Crippen molar-refractivity contribution < 1.29 is 4.79 Å². The molecule has 0 saturated carbocycles. The number of rotatable bonds is 2. The lowest BCUT2D eigenvalue weighted by Crippen LogP contribution is -2.47. The predicted molar refractivity (Wildman–Crippen MR) is 87.2 cm³/mol. The van der Waals surface area contributed by atoms with Crippen molar-refractivity contribution >= 4 is 32.7 Å². The van der Waals surface area contributed by atoms with Gasteiger partial charge in [0.1, 0.15) is 0 Å². The Morgan fingerprint density at radius 1 is 1.38 bits per heavy atom. The minimum atomic E-state index is -0.0935. The third-order valence-electron chi connectivity index (χ3n) is 3.93. The minimum absolute atomic E-state index is 0.0935. The van der Waals surface area contributed by atoms with Crippen molar-refractivity contribution in [3.05, 3.63) is 23.8 Å². The largest absolute Gasteiger partial charge is 0.348 e. The first-order valence-electron chi connectivity index (χ1n) is 7.26. The summed E-state index contributed by atoms with van der Waals surface area (Å²) in [6.07, 6.45) is 1.92. The van der Waals surface area contributed by atoms with Gasteiger partial charge >= 0.3 is 6.03 Å². The minimum Gasteiger partial charge on any atom is -0.348 e. The number of urea groups is 1. The molecule has 3 rings (SSSR count). The van der Waals surface area contributed by atoms with Crippen LogP contribution in [0.4, 0.5) is 9.93 Å². The van der Waals surface area contributed by atoms with Crippen molar-refractivity contribution in [2.75, 3.05) is 25.0 Å². The number of benzene rings is 1. The smallest absolute Gasteiger partial charge is 0.314 e. The second-order valence-electron chi connectivity index (χ2n) is 5.40. The van der Waals surface area contributed by atoms with Crippen LogP contribution in [-0.4, -0.2) is 37.2 Å². The summed E-state index contributed by atoms with van der Waals surface area (Å²) in [5.74, 6) is 0. The van der Waals surface area contributed by atoms with E-state index in [0.717, 1.165) is 36.6 Å². The number of nitrogens with zero attached hydrogens (tertiary/aromatic N) is 2. The van der Waals surface area contributed by atoms with E-state index in [1.807, 2.05) is 0 Å². The summed E-state index contributed by atoms with van der Waals surface area (Å²) < 4.78 is 1.28. The van der Waals surface area contributed by atoms with Gasteiger partial charge < -0.3 is 15.5 Å². The SMILES string of the molecule is CNC(=O)NC1CCN(c2nc3cccc(C)c3s2)CC1. The third kappa shape index (κ3) is 2.95. The molecule has 0 aliphatic carbocycles. The first kappa shape index (κ1) is 14.1. The van der Waals surface area contributed by atoms with Crippen LogP contribution >= 0.6 is 11.3 Å². The van der Waals surface area contributed by atoms with Gasteiger partial charge in [-0.05, 0) is 31.4 Å². The van der Waals surface area contributed by atoms with E-state index in [1.54, 1.807) is 18.4 Å². The molecule has 0 atom stereocenters. The average molecular weight is 304 g/mol.